The number of alkyl halides is 2. The van der Waals surface area contributed by atoms with Gasteiger partial charge in [0, 0.05) is 24.8 Å². The van der Waals surface area contributed by atoms with Crippen molar-refractivity contribution in [3.63, 3.8) is 0 Å². The molecular formula is C14H17F2N3O4. The number of amides is 3. The second kappa shape index (κ2) is 7.12. The molecule has 126 valence electrons. The van der Waals surface area contributed by atoms with E-state index in [2.05, 4.69) is 15.4 Å². The molecule has 1 heterocycles. The molecule has 0 saturated carbocycles. The van der Waals surface area contributed by atoms with Crippen LogP contribution in [0.3, 0.4) is 0 Å². The normalized spacial score (nSPS) is 15.3. The number of ether oxygens (including phenoxy) is 2. The van der Waals surface area contributed by atoms with Crippen LogP contribution in [0.5, 0.6) is 11.5 Å². The Hall–Kier alpha value is -2.58. The largest absolute Gasteiger partial charge is 0.493 e. The van der Waals surface area contributed by atoms with E-state index in [9.17, 15) is 18.4 Å². The third kappa shape index (κ3) is 3.99. The molecule has 1 saturated heterocycles. The van der Waals surface area contributed by atoms with Crippen molar-refractivity contribution in [3.05, 3.63) is 18.2 Å². The third-order valence-corrected chi connectivity index (χ3v) is 3.26. The molecule has 1 atom stereocenters. The van der Waals surface area contributed by atoms with Crippen LogP contribution in [0.15, 0.2) is 18.2 Å². The number of nitrogens with zero attached hydrogens (tertiary/aromatic N) is 1. The summed E-state index contributed by atoms with van der Waals surface area (Å²) in [5.41, 5.74) is 0.391. The van der Waals surface area contributed by atoms with Crippen molar-refractivity contribution in [3.8, 4) is 11.5 Å². The molecule has 0 spiro atoms. The van der Waals surface area contributed by atoms with Gasteiger partial charge in [0.2, 0.25) is 0 Å². The van der Waals surface area contributed by atoms with Crippen LogP contribution in [-0.4, -0.2) is 49.7 Å². The summed E-state index contributed by atoms with van der Waals surface area (Å²) < 4.78 is 34.1. The Morgan fingerprint density at radius 1 is 1.39 bits per heavy atom. The number of anilines is 1. The number of hydrogen-bond acceptors (Lipinski definition) is 5. The highest BCUT2D eigenvalue weighted by molar-refractivity contribution is 5.99. The van der Waals surface area contributed by atoms with Gasteiger partial charge in [-0.1, -0.05) is 0 Å². The first kappa shape index (κ1) is 16.8. The van der Waals surface area contributed by atoms with E-state index in [1.807, 2.05) is 0 Å². The minimum absolute atomic E-state index is 0.147. The molecule has 2 N–H and O–H groups in total. The Labute approximate surface area is 131 Å². The number of nitrogens with one attached hydrogen (secondary N) is 2. The first-order chi connectivity index (χ1) is 10.9. The maximum absolute atomic E-state index is 12.4. The summed E-state index contributed by atoms with van der Waals surface area (Å²) in [6.45, 7) is -0.712. The molecule has 1 aromatic rings. The summed E-state index contributed by atoms with van der Waals surface area (Å²) in [5, 5.41) is 5.39. The Morgan fingerprint density at radius 3 is 2.70 bits per heavy atom. The number of hydrogen-bond donors (Lipinski definition) is 2. The van der Waals surface area contributed by atoms with Crippen LogP contribution in [0, 0.1) is 0 Å². The Bertz CT molecular complexity index is 597. The lowest BCUT2D eigenvalue weighted by Crippen LogP contribution is -2.43. The lowest BCUT2D eigenvalue weighted by Gasteiger charge is -2.20. The van der Waals surface area contributed by atoms with Crippen molar-refractivity contribution >= 4 is 17.6 Å². The smallest absolute Gasteiger partial charge is 0.387 e. The van der Waals surface area contributed by atoms with Crippen LogP contribution >= 0.6 is 0 Å². The zero-order valence-corrected chi connectivity index (χ0v) is 12.6. The Kier molecular flexibility index (Phi) is 5.20. The van der Waals surface area contributed by atoms with Gasteiger partial charge >= 0.3 is 12.6 Å². The second-order valence-electron chi connectivity index (χ2n) is 4.83. The highest BCUT2D eigenvalue weighted by atomic mass is 19.3. The molecule has 1 aromatic carbocycles. The van der Waals surface area contributed by atoms with Crippen LogP contribution in [0.1, 0.15) is 6.92 Å². The van der Waals surface area contributed by atoms with Crippen molar-refractivity contribution in [2.75, 3.05) is 25.5 Å². The van der Waals surface area contributed by atoms with Crippen LogP contribution in [0.25, 0.3) is 0 Å². The van der Waals surface area contributed by atoms with Gasteiger partial charge in [-0.25, -0.2) is 4.79 Å². The van der Waals surface area contributed by atoms with Crippen molar-refractivity contribution in [2.45, 2.75) is 19.6 Å². The fourth-order valence-corrected chi connectivity index (χ4v) is 2.18. The van der Waals surface area contributed by atoms with E-state index in [-0.39, 0.29) is 11.5 Å². The van der Waals surface area contributed by atoms with Gasteiger partial charge in [-0.3, -0.25) is 9.69 Å². The molecule has 1 aliphatic rings. The minimum Gasteiger partial charge on any atom is -0.493 e. The van der Waals surface area contributed by atoms with Gasteiger partial charge in [0.15, 0.2) is 11.5 Å². The van der Waals surface area contributed by atoms with Crippen LogP contribution in [-0.2, 0) is 4.79 Å². The fraction of sp³-hybridized carbons (Fsp3) is 0.429. The predicted molar refractivity (Wildman–Crippen MR) is 77.8 cm³/mol. The number of urea groups is 1. The summed E-state index contributed by atoms with van der Waals surface area (Å²) in [4.78, 5) is 24.7. The number of methoxy groups -OCH3 is 1. The summed E-state index contributed by atoms with van der Waals surface area (Å²) in [6.07, 6.45) is 0. The number of halogens is 2. The highest BCUT2D eigenvalue weighted by Gasteiger charge is 2.29. The van der Waals surface area contributed by atoms with E-state index < -0.39 is 24.6 Å². The quantitative estimate of drug-likeness (QED) is 0.829. The first-order valence-electron chi connectivity index (χ1n) is 6.91. The van der Waals surface area contributed by atoms with Gasteiger partial charge in [0.05, 0.1) is 7.11 Å². The summed E-state index contributed by atoms with van der Waals surface area (Å²) >= 11 is 0. The molecule has 1 fully saturated rings. The lowest BCUT2D eigenvalue weighted by atomic mass is 10.2. The summed E-state index contributed by atoms with van der Waals surface area (Å²) in [5.74, 6) is -0.410. The first-order valence-corrected chi connectivity index (χ1v) is 6.91. The molecule has 2 rings (SSSR count). The van der Waals surface area contributed by atoms with E-state index in [4.69, 9.17) is 4.74 Å². The van der Waals surface area contributed by atoms with E-state index in [0.29, 0.717) is 18.8 Å². The van der Waals surface area contributed by atoms with Gasteiger partial charge in [-0.2, -0.15) is 8.78 Å². The van der Waals surface area contributed by atoms with Crippen LogP contribution < -0.4 is 20.1 Å². The third-order valence-electron chi connectivity index (χ3n) is 3.26. The highest BCUT2D eigenvalue weighted by Crippen LogP contribution is 2.31. The maximum Gasteiger partial charge on any atom is 0.387 e. The summed E-state index contributed by atoms with van der Waals surface area (Å²) in [6, 6.07) is 3.15. The second-order valence-corrected chi connectivity index (χ2v) is 4.83. The standard InChI is InChI=1S/C14H17F2N3O4/c1-8(12(20)19-6-5-17-14(19)21)18-9-3-4-10(22-2)11(7-9)23-13(15)16/h3-4,7-8,13,18H,5-6H2,1-2H3,(H,17,21). The Morgan fingerprint density at radius 2 is 2.13 bits per heavy atom. The molecule has 7 nitrogen and oxygen atoms in total. The van der Waals surface area contributed by atoms with Gasteiger partial charge in [0.25, 0.3) is 5.91 Å². The van der Waals surface area contributed by atoms with Crippen molar-refractivity contribution in [1.82, 2.24) is 10.2 Å². The molecule has 1 unspecified atom stereocenters. The van der Waals surface area contributed by atoms with E-state index in [1.165, 1.54) is 19.2 Å². The molecule has 3 amide bonds. The van der Waals surface area contributed by atoms with Gasteiger partial charge in [-0.05, 0) is 19.1 Å². The SMILES string of the molecule is COc1ccc(NC(C)C(=O)N2CCNC2=O)cc1OC(F)F. The van der Waals surface area contributed by atoms with Crippen molar-refractivity contribution < 1.29 is 27.8 Å². The molecular weight excluding hydrogens is 312 g/mol. The molecule has 1 aliphatic heterocycles. The van der Waals surface area contributed by atoms with Crippen molar-refractivity contribution in [2.24, 2.45) is 0 Å². The number of benzene rings is 1. The number of carbonyl (C=O) groups is 2. The molecule has 0 bridgehead atoms. The predicted octanol–water partition coefficient (Wildman–Crippen LogP) is 1.65. The molecule has 0 radical (unpaired) electrons. The average molecular weight is 329 g/mol. The van der Waals surface area contributed by atoms with E-state index in [1.54, 1.807) is 13.0 Å². The van der Waals surface area contributed by atoms with Gasteiger partial charge < -0.3 is 20.1 Å². The minimum atomic E-state index is -2.99. The number of imide groups is 1. The van der Waals surface area contributed by atoms with E-state index in [0.717, 1.165) is 4.90 Å². The van der Waals surface area contributed by atoms with Gasteiger partial charge in [-0.15, -0.1) is 0 Å². The monoisotopic (exact) mass is 329 g/mol. The fourth-order valence-electron chi connectivity index (χ4n) is 2.18. The maximum atomic E-state index is 12.4. The molecule has 23 heavy (non-hydrogen) atoms. The Balaban J connectivity index is 2.09. The van der Waals surface area contributed by atoms with Gasteiger partial charge in [0.1, 0.15) is 6.04 Å². The summed E-state index contributed by atoms with van der Waals surface area (Å²) in [7, 11) is 1.33. The van der Waals surface area contributed by atoms with Crippen LogP contribution in [0.2, 0.25) is 0 Å². The molecule has 0 aromatic heterocycles. The van der Waals surface area contributed by atoms with Crippen molar-refractivity contribution in [1.29, 1.82) is 0 Å². The number of rotatable bonds is 6. The molecule has 0 aliphatic carbocycles. The lowest BCUT2D eigenvalue weighted by molar-refractivity contribution is -0.128. The van der Waals surface area contributed by atoms with Crippen LogP contribution in [0.4, 0.5) is 19.3 Å². The van der Waals surface area contributed by atoms with E-state index >= 15 is 0 Å². The molecule has 9 heteroatoms. The zero-order chi connectivity index (χ0) is 17.0. The zero-order valence-electron chi connectivity index (χ0n) is 12.6. The number of carbonyl (C=O) groups excluding carboxylic acids is 2. The average Bonchev–Trinajstić information content (AvgIpc) is 2.92. The topological polar surface area (TPSA) is 79.9 Å².